The monoisotopic (exact) mass is 315 g/mol. The first kappa shape index (κ1) is 18.8. The summed E-state index contributed by atoms with van der Waals surface area (Å²) < 4.78 is 49.5. The summed E-state index contributed by atoms with van der Waals surface area (Å²) in [5, 5.41) is 0. The lowest BCUT2D eigenvalue weighted by Crippen LogP contribution is -2.49. The minimum absolute atomic E-state index is 0.00463. The Balaban J connectivity index is 0.000000362. The van der Waals surface area contributed by atoms with Crippen molar-refractivity contribution in [1.29, 1.82) is 0 Å². The Morgan fingerprint density at radius 2 is 1.32 bits per heavy atom. The number of hydrogen-bond donors (Lipinski definition) is 2. The average molecular weight is 315 g/mol. The molecule has 0 unspecified atom stereocenters. The van der Waals surface area contributed by atoms with Gasteiger partial charge in [0.2, 0.25) is 10.0 Å². The van der Waals surface area contributed by atoms with Gasteiger partial charge >= 0.3 is 0 Å². The number of nitrogens with zero attached hydrogens (tertiary/aromatic N) is 1. The molecule has 1 rings (SSSR count). The molecule has 1 saturated heterocycles. The maximum atomic E-state index is 11.2. The first-order chi connectivity index (χ1) is 8.44. The topological polar surface area (TPSA) is 95.6 Å². The van der Waals surface area contributed by atoms with E-state index in [0.29, 0.717) is 13.1 Å². The normalized spacial score (nSPS) is 17.0. The summed E-state index contributed by atoms with van der Waals surface area (Å²) in [7, 11) is -6.11. The van der Waals surface area contributed by atoms with Gasteiger partial charge in [-0.25, -0.2) is 13.1 Å². The van der Waals surface area contributed by atoms with Gasteiger partial charge in [0.25, 0.3) is 10.2 Å². The Bertz CT molecular complexity index is 453. The zero-order chi connectivity index (χ0) is 15.3. The van der Waals surface area contributed by atoms with Crippen LogP contribution in [0.2, 0.25) is 0 Å². The summed E-state index contributed by atoms with van der Waals surface area (Å²) in [6, 6.07) is -0.00870. The van der Waals surface area contributed by atoms with Crippen LogP contribution in [0.1, 0.15) is 34.1 Å². The summed E-state index contributed by atoms with van der Waals surface area (Å²) in [6.07, 6.45) is 2.13. The van der Waals surface area contributed by atoms with Crippen molar-refractivity contribution in [1.82, 2.24) is 13.7 Å². The summed E-state index contributed by atoms with van der Waals surface area (Å²) in [5.41, 5.74) is 0. The van der Waals surface area contributed by atoms with E-state index >= 15 is 0 Å². The second-order valence-electron chi connectivity index (χ2n) is 5.07. The molecule has 0 aromatic rings. The Morgan fingerprint density at radius 1 is 0.895 bits per heavy atom. The molecular formula is C10H25N3O4S2. The average Bonchev–Trinajstić information content (AvgIpc) is 1.89. The highest BCUT2D eigenvalue weighted by atomic mass is 32.2. The van der Waals surface area contributed by atoms with E-state index in [-0.39, 0.29) is 12.1 Å². The van der Waals surface area contributed by atoms with Crippen molar-refractivity contribution < 1.29 is 16.8 Å². The Hall–Kier alpha value is -0.220. The first-order valence-corrected chi connectivity index (χ1v) is 9.52. The largest absolute Gasteiger partial charge is 0.279 e. The van der Waals surface area contributed by atoms with Crippen molar-refractivity contribution in [3.63, 3.8) is 0 Å². The molecular weight excluding hydrogens is 290 g/mol. The molecule has 1 aliphatic rings. The van der Waals surface area contributed by atoms with Crippen LogP contribution in [0, 0.1) is 0 Å². The van der Waals surface area contributed by atoms with E-state index in [2.05, 4.69) is 9.44 Å². The van der Waals surface area contributed by atoms with Crippen LogP contribution < -0.4 is 9.44 Å². The van der Waals surface area contributed by atoms with Crippen LogP contribution in [0.5, 0.6) is 0 Å². The molecule has 19 heavy (non-hydrogen) atoms. The second kappa shape index (κ2) is 7.53. The van der Waals surface area contributed by atoms with Crippen LogP contribution in [0.4, 0.5) is 0 Å². The highest BCUT2D eigenvalue weighted by Crippen LogP contribution is 2.10. The number of nitrogens with one attached hydrogen (secondary N) is 2. The molecule has 0 aromatic heterocycles. The van der Waals surface area contributed by atoms with Gasteiger partial charge in [-0.05, 0) is 34.1 Å². The molecule has 0 saturated carbocycles. The SMILES string of the molecule is CC(C)NS(=O)(=O)N1CCC1.CC(C)NS(C)(=O)=O. The highest BCUT2D eigenvalue weighted by Gasteiger charge is 2.27. The van der Waals surface area contributed by atoms with E-state index in [1.54, 1.807) is 13.8 Å². The lowest BCUT2D eigenvalue weighted by molar-refractivity contribution is 0.303. The van der Waals surface area contributed by atoms with Crippen molar-refractivity contribution in [2.24, 2.45) is 0 Å². The maximum absolute atomic E-state index is 11.2. The zero-order valence-corrected chi connectivity index (χ0v) is 13.8. The van der Waals surface area contributed by atoms with E-state index in [1.165, 1.54) is 4.31 Å². The van der Waals surface area contributed by atoms with Crippen LogP contribution >= 0.6 is 0 Å². The third-order valence-electron chi connectivity index (χ3n) is 1.99. The fourth-order valence-corrected chi connectivity index (χ4v) is 3.67. The molecule has 1 heterocycles. The van der Waals surface area contributed by atoms with Gasteiger partial charge < -0.3 is 0 Å². The van der Waals surface area contributed by atoms with E-state index < -0.39 is 20.2 Å². The predicted molar refractivity (Wildman–Crippen MR) is 76.5 cm³/mol. The van der Waals surface area contributed by atoms with Crippen molar-refractivity contribution in [3.8, 4) is 0 Å². The zero-order valence-electron chi connectivity index (χ0n) is 12.2. The molecule has 0 aromatic carbocycles. The summed E-state index contributed by atoms with van der Waals surface area (Å²) in [4.78, 5) is 0. The second-order valence-corrected chi connectivity index (χ2v) is 8.56. The van der Waals surface area contributed by atoms with Crippen LogP contribution in [0.3, 0.4) is 0 Å². The fraction of sp³-hybridized carbons (Fsp3) is 1.00. The van der Waals surface area contributed by atoms with Gasteiger partial charge in [0.05, 0.1) is 6.26 Å². The van der Waals surface area contributed by atoms with Crippen molar-refractivity contribution in [2.75, 3.05) is 19.3 Å². The van der Waals surface area contributed by atoms with Gasteiger partial charge in [-0.2, -0.15) is 17.4 Å². The van der Waals surface area contributed by atoms with Crippen LogP contribution in [-0.2, 0) is 20.2 Å². The van der Waals surface area contributed by atoms with E-state index in [4.69, 9.17) is 0 Å². The van der Waals surface area contributed by atoms with Gasteiger partial charge in [-0.1, -0.05) is 0 Å². The Kier molecular flexibility index (Phi) is 7.45. The predicted octanol–water partition coefficient (Wildman–Crippen LogP) is -0.121. The Labute approximate surface area is 117 Å². The molecule has 0 spiro atoms. The van der Waals surface area contributed by atoms with Gasteiger partial charge in [-0.15, -0.1) is 0 Å². The molecule has 1 aliphatic heterocycles. The van der Waals surface area contributed by atoms with Crippen molar-refractivity contribution in [3.05, 3.63) is 0 Å². The van der Waals surface area contributed by atoms with Gasteiger partial charge in [0.15, 0.2) is 0 Å². The third kappa shape index (κ3) is 9.33. The van der Waals surface area contributed by atoms with Gasteiger partial charge in [0, 0.05) is 25.2 Å². The van der Waals surface area contributed by atoms with E-state index in [0.717, 1.165) is 12.7 Å². The maximum Gasteiger partial charge on any atom is 0.279 e. The number of hydrogen-bond acceptors (Lipinski definition) is 4. The Morgan fingerprint density at radius 3 is 1.47 bits per heavy atom. The molecule has 2 N–H and O–H groups in total. The fourth-order valence-electron chi connectivity index (χ4n) is 1.33. The summed E-state index contributed by atoms with van der Waals surface area (Å²) in [5.74, 6) is 0. The lowest BCUT2D eigenvalue weighted by Gasteiger charge is -2.30. The quantitative estimate of drug-likeness (QED) is 0.739. The molecule has 0 aliphatic carbocycles. The lowest BCUT2D eigenvalue weighted by atomic mass is 10.3. The van der Waals surface area contributed by atoms with Gasteiger partial charge in [-0.3, -0.25) is 0 Å². The molecule has 0 amide bonds. The molecule has 0 atom stereocenters. The van der Waals surface area contributed by atoms with Crippen molar-refractivity contribution in [2.45, 2.75) is 46.2 Å². The van der Waals surface area contributed by atoms with E-state index in [9.17, 15) is 16.8 Å². The summed E-state index contributed by atoms with van der Waals surface area (Å²) in [6.45, 7) is 8.53. The molecule has 7 nitrogen and oxygen atoms in total. The molecule has 0 radical (unpaired) electrons. The van der Waals surface area contributed by atoms with Gasteiger partial charge in [0.1, 0.15) is 0 Å². The van der Waals surface area contributed by atoms with Crippen LogP contribution in [0.25, 0.3) is 0 Å². The molecule has 9 heteroatoms. The minimum Gasteiger partial charge on any atom is -0.213 e. The highest BCUT2D eigenvalue weighted by molar-refractivity contribution is 7.88. The third-order valence-corrected chi connectivity index (χ3v) is 4.70. The molecule has 116 valence electrons. The van der Waals surface area contributed by atoms with Crippen molar-refractivity contribution >= 4 is 20.2 Å². The van der Waals surface area contributed by atoms with Crippen LogP contribution in [0.15, 0.2) is 0 Å². The standard InChI is InChI=1S/C6H14N2O2S.C4H11NO2S/c1-6(2)7-11(9,10)8-4-3-5-8;1-4(2)5-8(3,6)7/h6-7H,3-5H2,1-2H3;4-5H,1-3H3. The molecule has 0 bridgehead atoms. The molecule has 1 fully saturated rings. The first-order valence-electron chi connectivity index (χ1n) is 6.18. The summed E-state index contributed by atoms with van der Waals surface area (Å²) >= 11 is 0. The minimum atomic E-state index is -3.14. The van der Waals surface area contributed by atoms with Crippen LogP contribution in [-0.4, -0.2) is 52.6 Å². The smallest absolute Gasteiger partial charge is 0.213 e. The number of rotatable bonds is 5. The van der Waals surface area contributed by atoms with E-state index in [1.807, 2.05) is 13.8 Å². The number of sulfonamides is 1.